The minimum atomic E-state index is -3.88. The molecule has 1 N–H and O–H groups in total. The van der Waals surface area contributed by atoms with Gasteiger partial charge in [0.1, 0.15) is 11.6 Å². The molecule has 3 nitrogen and oxygen atoms in total. The second kappa shape index (κ2) is 5.11. The Morgan fingerprint density at radius 3 is 2.48 bits per heavy atom. The fourth-order valence-electron chi connectivity index (χ4n) is 2.49. The van der Waals surface area contributed by atoms with Crippen molar-refractivity contribution in [3.8, 4) is 0 Å². The number of aryl methyl sites for hydroxylation is 2. The van der Waals surface area contributed by atoms with E-state index >= 15 is 0 Å². The number of halogens is 2. The number of benzene rings is 2. The first kappa shape index (κ1) is 14.0. The van der Waals surface area contributed by atoms with Crippen LogP contribution in [0, 0.1) is 11.6 Å². The molecule has 0 radical (unpaired) electrons. The van der Waals surface area contributed by atoms with Crippen molar-refractivity contribution in [2.75, 3.05) is 4.72 Å². The van der Waals surface area contributed by atoms with E-state index in [1.807, 2.05) is 0 Å². The normalized spacial score (nSPS) is 14.0. The summed E-state index contributed by atoms with van der Waals surface area (Å²) in [4.78, 5) is 0.0897. The van der Waals surface area contributed by atoms with Crippen LogP contribution in [-0.2, 0) is 22.9 Å². The molecule has 3 rings (SSSR count). The van der Waals surface area contributed by atoms with E-state index < -0.39 is 21.7 Å². The van der Waals surface area contributed by atoms with E-state index in [0.29, 0.717) is 6.07 Å². The van der Waals surface area contributed by atoms with E-state index in [4.69, 9.17) is 0 Å². The summed E-state index contributed by atoms with van der Waals surface area (Å²) in [6, 6.07) is 7.62. The summed E-state index contributed by atoms with van der Waals surface area (Å²) < 4.78 is 53.1. The lowest BCUT2D eigenvalue weighted by molar-refractivity contribution is 0.583. The predicted octanol–water partition coefficient (Wildman–Crippen LogP) is 3.25. The minimum Gasteiger partial charge on any atom is -0.277 e. The Balaban J connectivity index is 1.93. The third kappa shape index (κ3) is 2.76. The molecule has 0 atom stereocenters. The molecule has 0 saturated heterocycles. The number of rotatable bonds is 3. The number of hydrogen-bond acceptors (Lipinski definition) is 2. The average molecular weight is 309 g/mol. The van der Waals surface area contributed by atoms with Crippen LogP contribution < -0.4 is 4.72 Å². The molecule has 0 spiro atoms. The molecule has 0 aromatic heterocycles. The highest BCUT2D eigenvalue weighted by molar-refractivity contribution is 7.92. The lowest BCUT2D eigenvalue weighted by Crippen LogP contribution is -2.14. The van der Waals surface area contributed by atoms with Gasteiger partial charge in [0.15, 0.2) is 0 Å². The molecule has 2 aromatic carbocycles. The molecule has 0 unspecified atom stereocenters. The van der Waals surface area contributed by atoms with Crippen LogP contribution in [0.2, 0.25) is 0 Å². The Kier molecular flexibility index (Phi) is 3.41. The molecule has 0 bridgehead atoms. The molecule has 1 aliphatic rings. The highest BCUT2D eigenvalue weighted by Gasteiger charge is 2.19. The van der Waals surface area contributed by atoms with Gasteiger partial charge in [0.25, 0.3) is 10.0 Å². The molecule has 0 amide bonds. The zero-order chi connectivity index (χ0) is 15.0. The van der Waals surface area contributed by atoms with Crippen LogP contribution in [0.3, 0.4) is 0 Å². The maximum Gasteiger partial charge on any atom is 0.261 e. The van der Waals surface area contributed by atoms with Gasteiger partial charge in [-0.05, 0) is 54.7 Å². The Bertz CT molecular complexity index is 803. The molecule has 0 saturated carbocycles. The van der Waals surface area contributed by atoms with Crippen LogP contribution in [0.1, 0.15) is 17.5 Å². The summed E-state index contributed by atoms with van der Waals surface area (Å²) in [5, 5.41) is 0. The van der Waals surface area contributed by atoms with Gasteiger partial charge >= 0.3 is 0 Å². The first-order valence-corrected chi connectivity index (χ1v) is 8.04. The molecular formula is C15H13F2NO2S. The van der Waals surface area contributed by atoms with Crippen molar-refractivity contribution in [3.05, 3.63) is 59.2 Å². The lowest BCUT2D eigenvalue weighted by Gasteiger charge is -2.10. The first-order chi connectivity index (χ1) is 9.95. The third-order valence-corrected chi connectivity index (χ3v) is 4.92. The van der Waals surface area contributed by atoms with Crippen LogP contribution in [0.5, 0.6) is 0 Å². The maximum atomic E-state index is 13.5. The SMILES string of the molecule is O=S(=O)(Nc1ccc(F)cc1F)c1ccc2c(c1)CCC2. The summed E-state index contributed by atoms with van der Waals surface area (Å²) in [5.74, 6) is -1.70. The van der Waals surface area contributed by atoms with Gasteiger partial charge in [0.05, 0.1) is 10.6 Å². The molecule has 0 aliphatic heterocycles. The van der Waals surface area contributed by atoms with Crippen LogP contribution in [-0.4, -0.2) is 8.42 Å². The topological polar surface area (TPSA) is 46.2 Å². The van der Waals surface area contributed by atoms with Crippen molar-refractivity contribution < 1.29 is 17.2 Å². The van der Waals surface area contributed by atoms with Gasteiger partial charge in [-0.2, -0.15) is 0 Å². The molecule has 110 valence electrons. The van der Waals surface area contributed by atoms with E-state index in [1.54, 1.807) is 12.1 Å². The molecule has 0 heterocycles. The first-order valence-electron chi connectivity index (χ1n) is 6.55. The largest absolute Gasteiger partial charge is 0.277 e. The van der Waals surface area contributed by atoms with Crippen LogP contribution in [0.25, 0.3) is 0 Å². The molecule has 1 aliphatic carbocycles. The van der Waals surface area contributed by atoms with Gasteiger partial charge in [-0.1, -0.05) is 6.07 Å². The molecule has 2 aromatic rings. The Hall–Kier alpha value is -1.95. The van der Waals surface area contributed by atoms with Crippen molar-refractivity contribution >= 4 is 15.7 Å². The molecule has 21 heavy (non-hydrogen) atoms. The highest BCUT2D eigenvalue weighted by Crippen LogP contribution is 2.26. The minimum absolute atomic E-state index is 0.0897. The summed E-state index contributed by atoms with van der Waals surface area (Å²) >= 11 is 0. The van der Waals surface area contributed by atoms with Crippen LogP contribution in [0.15, 0.2) is 41.3 Å². The van der Waals surface area contributed by atoms with Gasteiger partial charge in [-0.3, -0.25) is 4.72 Å². The Morgan fingerprint density at radius 2 is 1.71 bits per heavy atom. The van der Waals surface area contributed by atoms with E-state index in [2.05, 4.69) is 4.72 Å². The van der Waals surface area contributed by atoms with Crippen molar-refractivity contribution in [3.63, 3.8) is 0 Å². The molecule has 6 heteroatoms. The van der Waals surface area contributed by atoms with Crippen LogP contribution in [0.4, 0.5) is 14.5 Å². The number of sulfonamides is 1. The van der Waals surface area contributed by atoms with E-state index in [9.17, 15) is 17.2 Å². The van der Waals surface area contributed by atoms with Crippen molar-refractivity contribution in [2.45, 2.75) is 24.2 Å². The summed E-state index contributed by atoms with van der Waals surface area (Å²) in [6.07, 6.45) is 2.82. The summed E-state index contributed by atoms with van der Waals surface area (Å²) in [7, 11) is -3.88. The second-order valence-corrected chi connectivity index (χ2v) is 6.70. The van der Waals surface area contributed by atoms with E-state index in [-0.39, 0.29) is 10.6 Å². The van der Waals surface area contributed by atoms with Gasteiger partial charge in [0.2, 0.25) is 0 Å². The van der Waals surface area contributed by atoms with Crippen molar-refractivity contribution in [1.82, 2.24) is 0 Å². The number of hydrogen-bond donors (Lipinski definition) is 1. The maximum absolute atomic E-state index is 13.5. The Labute approximate surface area is 121 Å². The van der Waals surface area contributed by atoms with E-state index in [0.717, 1.165) is 42.5 Å². The third-order valence-electron chi connectivity index (χ3n) is 3.56. The smallest absolute Gasteiger partial charge is 0.261 e. The highest BCUT2D eigenvalue weighted by atomic mass is 32.2. The Morgan fingerprint density at radius 1 is 0.952 bits per heavy atom. The zero-order valence-corrected chi connectivity index (χ0v) is 11.9. The van der Waals surface area contributed by atoms with Gasteiger partial charge in [-0.25, -0.2) is 17.2 Å². The standard InChI is InChI=1S/C15H13F2NO2S/c16-12-5-7-15(14(17)9-12)18-21(19,20)13-6-4-10-2-1-3-11(10)8-13/h4-9,18H,1-3H2. The quantitative estimate of drug-likeness (QED) is 0.946. The fraction of sp³-hybridized carbons (Fsp3) is 0.200. The van der Waals surface area contributed by atoms with Gasteiger partial charge in [0, 0.05) is 6.07 Å². The van der Waals surface area contributed by atoms with Crippen molar-refractivity contribution in [2.24, 2.45) is 0 Å². The van der Waals surface area contributed by atoms with Gasteiger partial charge in [-0.15, -0.1) is 0 Å². The fourth-order valence-corrected chi connectivity index (χ4v) is 3.61. The zero-order valence-electron chi connectivity index (χ0n) is 11.1. The van der Waals surface area contributed by atoms with Crippen molar-refractivity contribution in [1.29, 1.82) is 0 Å². The average Bonchev–Trinajstić information content (AvgIpc) is 2.89. The predicted molar refractivity (Wildman–Crippen MR) is 75.6 cm³/mol. The number of nitrogens with one attached hydrogen (secondary N) is 1. The van der Waals surface area contributed by atoms with Gasteiger partial charge < -0.3 is 0 Å². The number of anilines is 1. The lowest BCUT2D eigenvalue weighted by atomic mass is 10.1. The second-order valence-electron chi connectivity index (χ2n) is 5.01. The summed E-state index contributed by atoms with van der Waals surface area (Å²) in [5.41, 5.74) is 1.90. The number of fused-ring (bicyclic) bond motifs is 1. The molecular weight excluding hydrogens is 296 g/mol. The molecule has 0 fully saturated rings. The summed E-state index contributed by atoms with van der Waals surface area (Å²) in [6.45, 7) is 0. The monoisotopic (exact) mass is 309 g/mol. The van der Waals surface area contributed by atoms with Crippen LogP contribution >= 0.6 is 0 Å². The van der Waals surface area contributed by atoms with E-state index in [1.165, 1.54) is 6.07 Å².